The molecule has 0 radical (unpaired) electrons. The van der Waals surface area contributed by atoms with E-state index in [1.54, 1.807) is 31.2 Å². The van der Waals surface area contributed by atoms with Gasteiger partial charge in [0.05, 0.1) is 29.3 Å². The van der Waals surface area contributed by atoms with Crippen LogP contribution in [0.5, 0.6) is 0 Å². The number of hydrogen-bond donors (Lipinski definition) is 0. The molecule has 6 heteroatoms. The van der Waals surface area contributed by atoms with Crippen LogP contribution in [0.25, 0.3) is 16.6 Å². The zero-order valence-electron chi connectivity index (χ0n) is 15.0. The summed E-state index contributed by atoms with van der Waals surface area (Å²) in [5, 5.41) is 1.04. The summed E-state index contributed by atoms with van der Waals surface area (Å²) in [6.45, 7) is 6.20. The lowest BCUT2D eigenvalue weighted by atomic mass is 10.2. The van der Waals surface area contributed by atoms with Gasteiger partial charge in [-0.3, -0.25) is 9.36 Å². The summed E-state index contributed by atoms with van der Waals surface area (Å²) in [5.41, 5.74) is 1.44. The van der Waals surface area contributed by atoms with Gasteiger partial charge in [-0.05, 0) is 50.6 Å². The Bertz CT molecular complexity index is 985. The molecule has 0 spiro atoms. The number of ether oxygens (including phenoxy) is 1. The van der Waals surface area contributed by atoms with Gasteiger partial charge in [-0.15, -0.1) is 0 Å². The average molecular weight is 372 g/mol. The zero-order valence-corrected chi connectivity index (χ0v) is 15.8. The summed E-state index contributed by atoms with van der Waals surface area (Å²) in [6.07, 6.45) is 0.147. The van der Waals surface area contributed by atoms with Crippen molar-refractivity contribution in [2.45, 2.75) is 32.0 Å². The van der Waals surface area contributed by atoms with E-state index in [9.17, 15) is 9.18 Å². The molecule has 0 N–H and O–H groups in total. The number of fused-ring (bicyclic) bond motifs is 1. The highest BCUT2D eigenvalue weighted by atomic mass is 32.2. The lowest BCUT2D eigenvalue weighted by Crippen LogP contribution is -2.22. The van der Waals surface area contributed by atoms with E-state index < -0.39 is 0 Å². The summed E-state index contributed by atoms with van der Waals surface area (Å²) in [7, 11) is 0. The molecule has 0 amide bonds. The predicted octanol–water partition coefficient (Wildman–Crippen LogP) is 4.35. The SMILES string of the molecule is Cc1ccc(-n2c(SCCOC(C)C)nc3ccccc3c2=O)cc1F. The van der Waals surface area contributed by atoms with Crippen LogP contribution in [-0.2, 0) is 4.74 Å². The monoisotopic (exact) mass is 372 g/mol. The molecule has 0 bridgehead atoms. The quantitative estimate of drug-likeness (QED) is 0.367. The van der Waals surface area contributed by atoms with Crippen LogP contribution >= 0.6 is 11.8 Å². The largest absolute Gasteiger partial charge is 0.378 e. The van der Waals surface area contributed by atoms with Gasteiger partial charge in [-0.1, -0.05) is 30.0 Å². The standard InChI is InChI=1S/C20H21FN2O2S/c1-13(2)25-10-11-26-20-22-18-7-5-4-6-16(18)19(24)23(20)15-9-8-14(3)17(21)12-15/h4-9,12-13H,10-11H2,1-3H3. The van der Waals surface area contributed by atoms with E-state index in [2.05, 4.69) is 4.98 Å². The molecule has 4 nitrogen and oxygen atoms in total. The van der Waals surface area contributed by atoms with Crippen LogP contribution in [0, 0.1) is 12.7 Å². The molecule has 2 aromatic carbocycles. The molecule has 3 aromatic rings. The number of aromatic nitrogens is 2. The molecule has 0 aliphatic carbocycles. The third-order valence-electron chi connectivity index (χ3n) is 3.92. The molecule has 0 unspecified atom stereocenters. The second kappa shape index (κ2) is 8.01. The van der Waals surface area contributed by atoms with Crippen molar-refractivity contribution < 1.29 is 9.13 Å². The van der Waals surface area contributed by atoms with Crippen molar-refractivity contribution in [1.29, 1.82) is 0 Å². The van der Waals surface area contributed by atoms with Crippen molar-refractivity contribution in [3.63, 3.8) is 0 Å². The van der Waals surface area contributed by atoms with E-state index in [4.69, 9.17) is 4.74 Å². The van der Waals surface area contributed by atoms with Gasteiger partial charge in [0.15, 0.2) is 5.16 Å². The Labute approximate surface area is 156 Å². The van der Waals surface area contributed by atoms with E-state index in [1.165, 1.54) is 22.4 Å². The number of thioether (sulfide) groups is 1. The van der Waals surface area contributed by atoms with Gasteiger partial charge in [0, 0.05) is 5.75 Å². The molecular weight excluding hydrogens is 351 g/mol. The molecule has 0 atom stereocenters. The molecule has 0 fully saturated rings. The van der Waals surface area contributed by atoms with E-state index in [0.29, 0.717) is 39.7 Å². The Balaban J connectivity index is 2.08. The van der Waals surface area contributed by atoms with Crippen LogP contribution in [0.4, 0.5) is 4.39 Å². The summed E-state index contributed by atoms with van der Waals surface area (Å²) < 4.78 is 21.1. The average Bonchev–Trinajstić information content (AvgIpc) is 2.61. The van der Waals surface area contributed by atoms with E-state index in [0.717, 1.165) is 0 Å². The van der Waals surface area contributed by atoms with Crippen LogP contribution in [0.15, 0.2) is 52.4 Å². The highest BCUT2D eigenvalue weighted by molar-refractivity contribution is 7.99. The second-order valence-corrected chi connectivity index (χ2v) is 7.32. The third-order valence-corrected chi connectivity index (χ3v) is 4.83. The van der Waals surface area contributed by atoms with Crippen LogP contribution in [0.3, 0.4) is 0 Å². The maximum Gasteiger partial charge on any atom is 0.266 e. The maximum atomic E-state index is 14.1. The Kier molecular flexibility index (Phi) is 5.74. The lowest BCUT2D eigenvalue weighted by Gasteiger charge is -2.14. The fourth-order valence-corrected chi connectivity index (χ4v) is 3.42. The summed E-state index contributed by atoms with van der Waals surface area (Å²) in [5.74, 6) is 0.304. The minimum absolute atomic E-state index is 0.147. The van der Waals surface area contributed by atoms with Gasteiger partial charge in [0.2, 0.25) is 0 Å². The minimum atomic E-state index is -0.346. The molecule has 136 valence electrons. The molecule has 0 saturated carbocycles. The fourth-order valence-electron chi connectivity index (χ4n) is 2.57. The van der Waals surface area contributed by atoms with Crippen molar-refractivity contribution in [2.24, 2.45) is 0 Å². The van der Waals surface area contributed by atoms with Gasteiger partial charge >= 0.3 is 0 Å². The number of para-hydroxylation sites is 1. The van der Waals surface area contributed by atoms with Crippen molar-refractivity contribution in [3.8, 4) is 5.69 Å². The lowest BCUT2D eigenvalue weighted by molar-refractivity contribution is 0.0920. The van der Waals surface area contributed by atoms with Crippen LogP contribution in [0.2, 0.25) is 0 Å². The molecular formula is C20H21FN2O2S. The van der Waals surface area contributed by atoms with Crippen LogP contribution < -0.4 is 5.56 Å². The first kappa shape index (κ1) is 18.6. The molecule has 1 aromatic heterocycles. The van der Waals surface area contributed by atoms with Crippen molar-refractivity contribution in [1.82, 2.24) is 9.55 Å². The highest BCUT2D eigenvalue weighted by Gasteiger charge is 2.14. The molecule has 26 heavy (non-hydrogen) atoms. The minimum Gasteiger partial charge on any atom is -0.378 e. The van der Waals surface area contributed by atoms with Gasteiger partial charge < -0.3 is 4.74 Å². The smallest absolute Gasteiger partial charge is 0.266 e. The van der Waals surface area contributed by atoms with Gasteiger partial charge in [0.1, 0.15) is 5.82 Å². The van der Waals surface area contributed by atoms with Gasteiger partial charge in [-0.25, -0.2) is 9.37 Å². The summed E-state index contributed by atoms with van der Waals surface area (Å²) in [4.78, 5) is 17.7. The number of rotatable bonds is 6. The highest BCUT2D eigenvalue weighted by Crippen LogP contribution is 2.22. The molecule has 0 aliphatic rings. The molecule has 3 rings (SSSR count). The van der Waals surface area contributed by atoms with Crippen LogP contribution in [-0.4, -0.2) is 28.0 Å². The normalized spacial score (nSPS) is 11.4. The Morgan fingerprint density at radius 2 is 2.00 bits per heavy atom. The zero-order chi connectivity index (χ0) is 18.7. The number of nitrogens with zero attached hydrogens (tertiary/aromatic N) is 2. The topological polar surface area (TPSA) is 44.1 Å². The molecule has 0 aliphatic heterocycles. The summed E-state index contributed by atoms with van der Waals surface area (Å²) in [6, 6.07) is 12.0. The number of halogens is 1. The van der Waals surface area contributed by atoms with Gasteiger partial charge in [0.25, 0.3) is 5.56 Å². The number of hydrogen-bond acceptors (Lipinski definition) is 4. The van der Waals surface area contributed by atoms with Crippen molar-refractivity contribution >= 4 is 22.7 Å². The Morgan fingerprint density at radius 3 is 2.73 bits per heavy atom. The van der Waals surface area contributed by atoms with Gasteiger partial charge in [-0.2, -0.15) is 0 Å². The van der Waals surface area contributed by atoms with Crippen molar-refractivity contribution in [3.05, 3.63) is 64.2 Å². The maximum absolute atomic E-state index is 14.1. The third kappa shape index (κ3) is 3.97. The van der Waals surface area contributed by atoms with Crippen molar-refractivity contribution in [2.75, 3.05) is 12.4 Å². The fraction of sp³-hybridized carbons (Fsp3) is 0.300. The first-order chi connectivity index (χ1) is 12.5. The van der Waals surface area contributed by atoms with E-state index in [-0.39, 0.29) is 17.5 Å². The number of benzene rings is 2. The van der Waals surface area contributed by atoms with E-state index >= 15 is 0 Å². The molecule has 0 saturated heterocycles. The first-order valence-electron chi connectivity index (χ1n) is 8.50. The Hall–Kier alpha value is -2.18. The summed E-state index contributed by atoms with van der Waals surface area (Å²) >= 11 is 1.43. The molecule has 1 heterocycles. The predicted molar refractivity (Wildman–Crippen MR) is 104 cm³/mol. The van der Waals surface area contributed by atoms with E-state index in [1.807, 2.05) is 26.0 Å². The number of aryl methyl sites for hydroxylation is 1. The second-order valence-electron chi connectivity index (χ2n) is 6.25. The van der Waals surface area contributed by atoms with Crippen LogP contribution in [0.1, 0.15) is 19.4 Å². The Morgan fingerprint density at radius 1 is 1.23 bits per heavy atom. The first-order valence-corrected chi connectivity index (χ1v) is 9.48.